The van der Waals surface area contributed by atoms with Crippen LogP contribution in [0, 0.1) is 31.6 Å². The van der Waals surface area contributed by atoms with Crippen molar-refractivity contribution in [1.29, 1.82) is 0 Å². The smallest absolute Gasteiger partial charge is 0.373 e. The molecule has 0 spiro atoms. The van der Waals surface area contributed by atoms with Crippen molar-refractivity contribution in [3.8, 4) is 11.5 Å². The Balaban J connectivity index is 1.77. The van der Waals surface area contributed by atoms with E-state index in [2.05, 4.69) is 0 Å². The lowest BCUT2D eigenvalue weighted by molar-refractivity contribution is -0.162. The highest BCUT2D eigenvalue weighted by atomic mass is 31.2. The van der Waals surface area contributed by atoms with E-state index in [4.69, 9.17) is 28.2 Å². The van der Waals surface area contributed by atoms with Gasteiger partial charge in [-0.15, -0.1) is 0 Å². The van der Waals surface area contributed by atoms with E-state index in [9.17, 15) is 19.3 Å². The van der Waals surface area contributed by atoms with Gasteiger partial charge in [-0.05, 0) is 116 Å². The Hall–Kier alpha value is -2.94. The normalized spacial score (nSPS) is 14.9. The summed E-state index contributed by atoms with van der Waals surface area (Å²) >= 11 is 0. The molecule has 1 aliphatic carbocycles. The minimum absolute atomic E-state index is 0.263. The average Bonchev–Trinajstić information content (AvgIpc) is 3.26. The minimum Gasteiger partial charge on any atom is -0.506 e. The quantitative estimate of drug-likeness (QED) is 0.102. The van der Waals surface area contributed by atoms with E-state index in [-0.39, 0.29) is 11.7 Å². The highest BCUT2D eigenvalue weighted by Gasteiger charge is 2.31. The lowest BCUT2D eigenvalue weighted by atomic mass is 9.92. The van der Waals surface area contributed by atoms with Crippen LogP contribution >= 0.6 is 7.60 Å². The van der Waals surface area contributed by atoms with Crippen LogP contribution in [0.1, 0.15) is 120 Å². The monoisotopic (exact) mass is 661 g/mol. The molecule has 0 atom stereocenters. The van der Waals surface area contributed by atoms with Gasteiger partial charge >= 0.3 is 19.5 Å². The second kappa shape index (κ2) is 15.8. The van der Waals surface area contributed by atoms with Crippen LogP contribution in [-0.4, -0.2) is 42.0 Å². The van der Waals surface area contributed by atoms with Crippen LogP contribution in [0.2, 0.25) is 0 Å². The molecule has 256 valence electrons. The number of carbonyl (C=O) groups is 2. The second-order valence-electron chi connectivity index (χ2n) is 14.2. The number of hydrogen-bond donors (Lipinski definition) is 1. The molecule has 0 radical (unpaired) electrons. The molecule has 0 bridgehead atoms. The Morgan fingerprint density at radius 2 is 1.41 bits per heavy atom. The Labute approximate surface area is 274 Å². The van der Waals surface area contributed by atoms with Gasteiger partial charge in [-0.25, -0.2) is 0 Å². The van der Waals surface area contributed by atoms with E-state index in [0.717, 1.165) is 59.3 Å². The van der Waals surface area contributed by atoms with Crippen molar-refractivity contribution in [2.24, 2.45) is 10.8 Å². The first-order valence-electron chi connectivity index (χ1n) is 16.0. The van der Waals surface area contributed by atoms with Gasteiger partial charge in [0.05, 0.1) is 16.5 Å². The number of rotatable bonds is 12. The summed E-state index contributed by atoms with van der Waals surface area (Å²) in [5.74, 6) is -0.0552. The second-order valence-corrected chi connectivity index (χ2v) is 16.2. The molecule has 1 heterocycles. The van der Waals surface area contributed by atoms with Crippen molar-refractivity contribution in [2.75, 3.05) is 19.9 Å². The van der Waals surface area contributed by atoms with Crippen molar-refractivity contribution in [3.63, 3.8) is 0 Å². The zero-order valence-electron chi connectivity index (χ0n) is 29.0. The standard InChI is InChI=1S/C35H52NO9P/c1-23-18-30(43-22-46(40,44-20-41-32(38)34(4,5)6)45-21-42-33(39)35(7,8)9)25(3)24(2)28(23)19-27-16-17-29(37)31(36-27)26-14-12-10-11-13-15-26/h16-18,26,37H,10-15,19-22H2,1-9H3. The van der Waals surface area contributed by atoms with Gasteiger partial charge in [0.25, 0.3) is 0 Å². The third kappa shape index (κ3) is 10.5. The summed E-state index contributed by atoms with van der Waals surface area (Å²) in [5, 5.41) is 10.6. The molecule has 11 heteroatoms. The van der Waals surface area contributed by atoms with Gasteiger partial charge in [0.15, 0.2) is 6.35 Å². The van der Waals surface area contributed by atoms with E-state index in [1.54, 1.807) is 47.6 Å². The van der Waals surface area contributed by atoms with Crippen LogP contribution in [0.4, 0.5) is 0 Å². The van der Waals surface area contributed by atoms with Gasteiger partial charge < -0.3 is 19.3 Å². The molecule has 10 nitrogen and oxygen atoms in total. The molecule has 1 aromatic carbocycles. The Morgan fingerprint density at radius 1 is 0.870 bits per heavy atom. The van der Waals surface area contributed by atoms with Crippen LogP contribution < -0.4 is 4.74 Å². The zero-order chi connectivity index (χ0) is 34.3. The van der Waals surface area contributed by atoms with Gasteiger partial charge in [0.2, 0.25) is 13.6 Å². The number of esters is 2. The van der Waals surface area contributed by atoms with Crippen molar-refractivity contribution in [3.05, 3.63) is 51.8 Å². The summed E-state index contributed by atoms with van der Waals surface area (Å²) in [6, 6.07) is 5.50. The highest BCUT2D eigenvalue weighted by molar-refractivity contribution is 7.53. The maximum atomic E-state index is 13.7. The van der Waals surface area contributed by atoms with Gasteiger partial charge in [-0.3, -0.25) is 28.2 Å². The van der Waals surface area contributed by atoms with Gasteiger partial charge in [0, 0.05) is 18.0 Å². The number of pyridine rings is 1. The van der Waals surface area contributed by atoms with E-state index >= 15 is 0 Å². The van der Waals surface area contributed by atoms with E-state index in [1.165, 1.54) is 12.8 Å². The Bertz CT molecular complexity index is 1380. The fourth-order valence-electron chi connectivity index (χ4n) is 5.18. The van der Waals surface area contributed by atoms with Crippen LogP contribution in [0.15, 0.2) is 18.2 Å². The molecule has 1 aliphatic rings. The molecule has 0 saturated heterocycles. The van der Waals surface area contributed by atoms with E-state index in [1.807, 2.05) is 32.9 Å². The van der Waals surface area contributed by atoms with Crippen molar-refractivity contribution in [2.45, 2.75) is 113 Å². The number of carbonyl (C=O) groups excluding carboxylic acids is 2. The zero-order valence-corrected chi connectivity index (χ0v) is 29.9. The van der Waals surface area contributed by atoms with Crippen molar-refractivity contribution in [1.82, 2.24) is 4.98 Å². The first-order valence-corrected chi connectivity index (χ1v) is 17.8. The number of benzene rings is 1. The average molecular weight is 662 g/mol. The number of aromatic hydroxyl groups is 1. The Kier molecular flexibility index (Phi) is 12.9. The van der Waals surface area contributed by atoms with Crippen LogP contribution in [0.25, 0.3) is 0 Å². The summed E-state index contributed by atoms with van der Waals surface area (Å²) in [7, 11) is -4.06. The molecule has 3 rings (SSSR count). The molecule has 0 unspecified atom stereocenters. The molecule has 0 aliphatic heterocycles. The molecule has 1 fully saturated rings. The van der Waals surface area contributed by atoms with Crippen molar-refractivity contribution >= 4 is 19.5 Å². The first kappa shape index (κ1) is 37.5. The summed E-state index contributed by atoms with van der Waals surface area (Å²) in [4.78, 5) is 29.3. The fraction of sp³-hybridized carbons (Fsp3) is 0.629. The van der Waals surface area contributed by atoms with E-state index in [0.29, 0.717) is 12.2 Å². The lowest BCUT2D eigenvalue weighted by Crippen LogP contribution is -2.25. The first-order chi connectivity index (χ1) is 21.4. The highest BCUT2D eigenvalue weighted by Crippen LogP contribution is 2.49. The third-order valence-electron chi connectivity index (χ3n) is 8.25. The topological polar surface area (TPSA) is 130 Å². The number of hydrogen-bond acceptors (Lipinski definition) is 10. The molecule has 1 saturated carbocycles. The largest absolute Gasteiger partial charge is 0.506 e. The summed E-state index contributed by atoms with van der Waals surface area (Å²) < 4.78 is 40.8. The summed E-state index contributed by atoms with van der Waals surface area (Å²) in [6.07, 6.45) is 6.94. The molecule has 0 amide bonds. The maximum Gasteiger partial charge on any atom is 0.373 e. The molecular formula is C35H52NO9P. The number of nitrogens with zero attached hydrogens (tertiary/aromatic N) is 1. The lowest BCUT2D eigenvalue weighted by Gasteiger charge is -2.23. The summed E-state index contributed by atoms with van der Waals surface area (Å²) in [5.41, 5.74) is 4.00. The maximum absolute atomic E-state index is 13.7. The van der Waals surface area contributed by atoms with Gasteiger partial charge in [-0.1, -0.05) is 25.7 Å². The minimum atomic E-state index is -4.06. The SMILES string of the molecule is Cc1cc(OCP(=O)(OCOC(=O)C(C)(C)C)OCOC(=O)C(C)(C)C)c(C)c(C)c1Cc1ccc(O)c(C2CCCCCC2)n1. The Morgan fingerprint density at radius 3 is 1.93 bits per heavy atom. The van der Waals surface area contributed by atoms with Gasteiger partial charge in [-0.2, -0.15) is 0 Å². The molecule has 46 heavy (non-hydrogen) atoms. The number of ether oxygens (including phenoxy) is 3. The molecule has 1 aromatic heterocycles. The number of aryl methyl sites for hydroxylation is 1. The van der Waals surface area contributed by atoms with Crippen LogP contribution in [0.5, 0.6) is 11.5 Å². The van der Waals surface area contributed by atoms with Crippen molar-refractivity contribution < 1.29 is 42.5 Å². The fourth-order valence-corrected chi connectivity index (χ4v) is 6.12. The predicted molar refractivity (Wildman–Crippen MR) is 176 cm³/mol. The van der Waals surface area contributed by atoms with E-state index < -0.39 is 50.3 Å². The molecule has 1 N–H and O–H groups in total. The van der Waals surface area contributed by atoms with Gasteiger partial charge in [0.1, 0.15) is 11.5 Å². The predicted octanol–water partition coefficient (Wildman–Crippen LogP) is 8.40. The number of aromatic nitrogens is 1. The molecule has 2 aromatic rings. The molecular weight excluding hydrogens is 609 g/mol. The van der Waals surface area contributed by atoms with Crippen LogP contribution in [0.3, 0.4) is 0 Å². The third-order valence-corrected chi connectivity index (χ3v) is 9.69. The summed E-state index contributed by atoms with van der Waals surface area (Å²) in [6.45, 7) is 14.8. The van der Waals surface area contributed by atoms with Crippen LogP contribution in [-0.2, 0) is 39.1 Å².